The molecule has 0 aliphatic carbocycles. The third-order valence-electron chi connectivity index (χ3n) is 3.87. The Morgan fingerprint density at radius 3 is 2.37 bits per heavy atom. The van der Waals surface area contributed by atoms with E-state index in [0.29, 0.717) is 41.2 Å². The molecule has 0 saturated carbocycles. The van der Waals surface area contributed by atoms with Crippen LogP contribution in [0.4, 0.5) is 17.5 Å². The minimum Gasteiger partial charge on any atom is -0.396 e. The number of aliphatic hydroxyl groups excluding tert-OH is 1. The molecule has 1 aromatic heterocycles. The fraction of sp³-hybridized carbons (Fsp3) is 0.200. The van der Waals surface area contributed by atoms with Crippen LogP contribution in [0.5, 0.6) is 0 Å². The van der Waals surface area contributed by atoms with Crippen LogP contribution in [-0.4, -0.2) is 28.2 Å². The lowest BCUT2D eigenvalue weighted by atomic mass is 10.1. The van der Waals surface area contributed by atoms with Gasteiger partial charge in [0.15, 0.2) is 0 Å². The summed E-state index contributed by atoms with van der Waals surface area (Å²) in [5.41, 5.74) is 2.50. The van der Waals surface area contributed by atoms with E-state index in [4.69, 9.17) is 28.3 Å². The summed E-state index contributed by atoms with van der Waals surface area (Å²) in [7, 11) is 0. The van der Waals surface area contributed by atoms with E-state index in [9.17, 15) is 0 Å². The molecule has 140 valence electrons. The fourth-order valence-corrected chi connectivity index (χ4v) is 3.09. The lowest BCUT2D eigenvalue weighted by Gasteiger charge is -2.12. The second-order valence-corrected chi connectivity index (χ2v) is 6.75. The van der Waals surface area contributed by atoms with Crippen molar-refractivity contribution in [2.24, 2.45) is 0 Å². The second kappa shape index (κ2) is 9.55. The van der Waals surface area contributed by atoms with E-state index in [1.165, 1.54) is 0 Å². The van der Waals surface area contributed by atoms with Gasteiger partial charge in [-0.3, -0.25) is 0 Å². The third-order valence-corrected chi connectivity index (χ3v) is 4.58. The number of aromatic nitrogens is 2. The molecule has 27 heavy (non-hydrogen) atoms. The van der Waals surface area contributed by atoms with Crippen LogP contribution in [0.3, 0.4) is 0 Å². The van der Waals surface area contributed by atoms with Crippen molar-refractivity contribution >= 4 is 40.7 Å². The standard InChI is InChI=1S/C20H20Cl2N4O/c21-17-8-4-9-18(22)16(17)12-15-13-19(23-10-5-11-27)26-20(25-15)24-14-6-2-1-3-7-14/h1-4,6-9,13,27H,5,10-12H2,(H2,23,24,25,26). The lowest BCUT2D eigenvalue weighted by Crippen LogP contribution is -2.09. The number of para-hydroxylation sites is 1. The Morgan fingerprint density at radius 1 is 0.926 bits per heavy atom. The van der Waals surface area contributed by atoms with Gasteiger partial charge in [-0.15, -0.1) is 0 Å². The topological polar surface area (TPSA) is 70.1 Å². The van der Waals surface area contributed by atoms with E-state index in [2.05, 4.69) is 20.6 Å². The largest absolute Gasteiger partial charge is 0.396 e. The maximum Gasteiger partial charge on any atom is 0.229 e. The SMILES string of the molecule is OCCCNc1cc(Cc2c(Cl)cccc2Cl)nc(Nc2ccccc2)n1. The Balaban J connectivity index is 1.89. The van der Waals surface area contributed by atoms with E-state index in [1.807, 2.05) is 54.6 Å². The number of hydrogen-bond acceptors (Lipinski definition) is 5. The first-order valence-corrected chi connectivity index (χ1v) is 9.39. The number of hydrogen-bond donors (Lipinski definition) is 3. The molecule has 0 spiro atoms. The lowest BCUT2D eigenvalue weighted by molar-refractivity contribution is 0.292. The van der Waals surface area contributed by atoms with E-state index in [1.54, 1.807) is 0 Å². The van der Waals surface area contributed by atoms with Gasteiger partial charge in [-0.05, 0) is 36.2 Å². The summed E-state index contributed by atoms with van der Waals surface area (Å²) in [5.74, 6) is 1.16. The number of rotatable bonds is 8. The van der Waals surface area contributed by atoms with Gasteiger partial charge in [0, 0.05) is 41.4 Å². The zero-order valence-electron chi connectivity index (χ0n) is 14.6. The molecule has 0 fully saturated rings. The van der Waals surface area contributed by atoms with Crippen LogP contribution in [0.15, 0.2) is 54.6 Å². The van der Waals surface area contributed by atoms with Gasteiger partial charge in [-0.2, -0.15) is 4.98 Å². The zero-order valence-corrected chi connectivity index (χ0v) is 16.1. The van der Waals surface area contributed by atoms with Crippen molar-refractivity contribution in [1.82, 2.24) is 9.97 Å². The van der Waals surface area contributed by atoms with Crippen LogP contribution >= 0.6 is 23.2 Å². The van der Waals surface area contributed by atoms with E-state index in [0.717, 1.165) is 16.9 Å². The van der Waals surface area contributed by atoms with Crippen LogP contribution in [0.25, 0.3) is 0 Å². The van der Waals surface area contributed by atoms with Crippen LogP contribution in [0.2, 0.25) is 10.0 Å². The molecule has 5 nitrogen and oxygen atoms in total. The van der Waals surface area contributed by atoms with Gasteiger partial charge in [0.25, 0.3) is 0 Å². The van der Waals surface area contributed by atoms with Gasteiger partial charge in [-0.25, -0.2) is 4.98 Å². The highest BCUT2D eigenvalue weighted by atomic mass is 35.5. The predicted octanol–water partition coefficient (Wildman–Crippen LogP) is 4.91. The molecular formula is C20H20Cl2N4O. The summed E-state index contributed by atoms with van der Waals surface area (Å²) < 4.78 is 0. The van der Waals surface area contributed by atoms with Gasteiger partial charge in [-0.1, -0.05) is 47.5 Å². The van der Waals surface area contributed by atoms with E-state index < -0.39 is 0 Å². The zero-order chi connectivity index (χ0) is 19.1. The molecule has 1 heterocycles. The summed E-state index contributed by atoms with van der Waals surface area (Å²) in [5, 5.41) is 16.6. The monoisotopic (exact) mass is 402 g/mol. The predicted molar refractivity (Wildman–Crippen MR) is 111 cm³/mol. The summed E-state index contributed by atoms with van der Waals surface area (Å²) >= 11 is 12.6. The number of benzene rings is 2. The molecular weight excluding hydrogens is 383 g/mol. The highest BCUT2D eigenvalue weighted by molar-refractivity contribution is 6.36. The minimum atomic E-state index is 0.120. The molecule has 0 saturated heterocycles. The van der Waals surface area contributed by atoms with Crippen LogP contribution in [-0.2, 0) is 6.42 Å². The van der Waals surface area contributed by atoms with Crippen LogP contribution < -0.4 is 10.6 Å². The average molecular weight is 403 g/mol. The van der Waals surface area contributed by atoms with Gasteiger partial charge in [0.2, 0.25) is 5.95 Å². The number of nitrogens with zero attached hydrogens (tertiary/aromatic N) is 2. The Kier molecular flexibility index (Phi) is 6.87. The first-order chi connectivity index (χ1) is 13.2. The normalized spacial score (nSPS) is 10.6. The summed E-state index contributed by atoms with van der Waals surface area (Å²) in [6, 6.07) is 17.0. The first kappa shape index (κ1) is 19.4. The van der Waals surface area contributed by atoms with Crippen molar-refractivity contribution in [3.05, 3.63) is 75.9 Å². The summed E-state index contributed by atoms with van der Waals surface area (Å²) in [4.78, 5) is 9.11. The number of anilines is 3. The van der Waals surface area contributed by atoms with Gasteiger partial charge in [0.05, 0.1) is 5.69 Å². The maximum atomic E-state index is 8.99. The van der Waals surface area contributed by atoms with Crippen molar-refractivity contribution in [1.29, 1.82) is 0 Å². The van der Waals surface area contributed by atoms with Gasteiger partial charge >= 0.3 is 0 Å². The van der Waals surface area contributed by atoms with Gasteiger partial charge < -0.3 is 15.7 Å². The molecule has 3 rings (SSSR count). The number of halogens is 2. The Morgan fingerprint density at radius 2 is 1.67 bits per heavy atom. The van der Waals surface area contributed by atoms with Crippen molar-refractivity contribution < 1.29 is 5.11 Å². The molecule has 0 amide bonds. The molecule has 7 heteroatoms. The van der Waals surface area contributed by atoms with E-state index in [-0.39, 0.29) is 6.61 Å². The highest BCUT2D eigenvalue weighted by Gasteiger charge is 2.11. The third kappa shape index (κ3) is 5.57. The molecule has 0 radical (unpaired) electrons. The minimum absolute atomic E-state index is 0.120. The smallest absolute Gasteiger partial charge is 0.229 e. The average Bonchev–Trinajstić information content (AvgIpc) is 2.66. The first-order valence-electron chi connectivity index (χ1n) is 8.63. The fourth-order valence-electron chi connectivity index (χ4n) is 2.56. The molecule has 3 N–H and O–H groups in total. The molecule has 0 aliphatic rings. The van der Waals surface area contributed by atoms with Crippen molar-refractivity contribution in [2.45, 2.75) is 12.8 Å². The molecule has 0 bridgehead atoms. The van der Waals surface area contributed by atoms with Crippen molar-refractivity contribution in [3.63, 3.8) is 0 Å². The Hall–Kier alpha value is -2.34. The van der Waals surface area contributed by atoms with Crippen LogP contribution in [0.1, 0.15) is 17.7 Å². The van der Waals surface area contributed by atoms with Gasteiger partial charge in [0.1, 0.15) is 5.82 Å². The highest BCUT2D eigenvalue weighted by Crippen LogP contribution is 2.27. The quantitative estimate of drug-likeness (QED) is 0.466. The Labute approximate surface area is 168 Å². The van der Waals surface area contributed by atoms with Crippen molar-refractivity contribution in [2.75, 3.05) is 23.8 Å². The van der Waals surface area contributed by atoms with Crippen LogP contribution in [0, 0.1) is 0 Å². The summed E-state index contributed by atoms with van der Waals surface area (Å²) in [6.07, 6.45) is 1.12. The van der Waals surface area contributed by atoms with E-state index >= 15 is 0 Å². The molecule has 2 aromatic carbocycles. The Bertz CT molecular complexity index is 870. The molecule has 0 unspecified atom stereocenters. The summed E-state index contributed by atoms with van der Waals surface area (Å²) in [6.45, 7) is 0.736. The number of nitrogens with one attached hydrogen (secondary N) is 2. The molecule has 0 aliphatic heterocycles. The molecule has 0 atom stereocenters. The second-order valence-electron chi connectivity index (χ2n) is 5.94. The molecule has 3 aromatic rings. The van der Waals surface area contributed by atoms with Crippen molar-refractivity contribution in [3.8, 4) is 0 Å². The maximum absolute atomic E-state index is 8.99. The number of aliphatic hydroxyl groups is 1.